The van der Waals surface area contributed by atoms with Crippen LogP contribution in [0.3, 0.4) is 0 Å². The number of aromatic nitrogens is 3. The largest absolute Gasteiger partial charge is 0.368 e. The first-order valence-electron chi connectivity index (χ1n) is 6.75. The van der Waals surface area contributed by atoms with Gasteiger partial charge in [-0.05, 0) is 28.1 Å². The maximum atomic E-state index is 12.0. The average Bonchev–Trinajstić information content (AvgIpc) is 2.49. The predicted molar refractivity (Wildman–Crippen MR) is 97.5 cm³/mol. The Morgan fingerprint density at radius 1 is 1.30 bits per heavy atom. The van der Waals surface area contributed by atoms with Crippen molar-refractivity contribution in [1.82, 2.24) is 15.0 Å². The predicted octanol–water partition coefficient (Wildman–Crippen LogP) is 2.15. The number of nitrogen functional groups attached to an aromatic ring is 1. The third kappa shape index (κ3) is 5.36. The molecule has 0 saturated heterocycles. The molecule has 1 amide bonds. The second kappa shape index (κ2) is 8.11. The fourth-order valence-corrected chi connectivity index (χ4v) is 2.73. The van der Waals surface area contributed by atoms with Crippen LogP contribution in [0.25, 0.3) is 0 Å². The van der Waals surface area contributed by atoms with E-state index in [0.29, 0.717) is 23.3 Å². The molecule has 1 heterocycles. The Kier molecular flexibility index (Phi) is 6.17. The number of nitrogens with one attached hydrogen (secondary N) is 1. The lowest BCUT2D eigenvalue weighted by atomic mass is 10.3. The van der Waals surface area contributed by atoms with Crippen molar-refractivity contribution in [2.24, 2.45) is 0 Å². The number of hydrogen-bond acceptors (Lipinski definition) is 7. The van der Waals surface area contributed by atoms with Crippen molar-refractivity contribution < 1.29 is 4.79 Å². The Bertz CT molecular complexity index is 697. The minimum atomic E-state index is -0.0863. The highest BCUT2D eigenvalue weighted by atomic mass is 79.9. The minimum Gasteiger partial charge on any atom is -0.368 e. The van der Waals surface area contributed by atoms with Crippen LogP contribution >= 0.6 is 27.7 Å². The number of rotatable bonds is 6. The topological polar surface area (TPSA) is 97.0 Å². The van der Waals surface area contributed by atoms with Gasteiger partial charge in [-0.15, -0.1) is 11.8 Å². The second-order valence-electron chi connectivity index (χ2n) is 4.83. The Balaban J connectivity index is 1.87. The molecule has 0 aliphatic carbocycles. The van der Waals surface area contributed by atoms with Gasteiger partial charge in [0.25, 0.3) is 0 Å². The monoisotopic (exact) mass is 396 g/mol. The molecule has 9 heteroatoms. The van der Waals surface area contributed by atoms with E-state index >= 15 is 0 Å². The number of halogens is 1. The van der Waals surface area contributed by atoms with Gasteiger partial charge in [0.15, 0.2) is 0 Å². The number of anilines is 3. The quantitative estimate of drug-likeness (QED) is 0.771. The van der Waals surface area contributed by atoms with E-state index in [9.17, 15) is 4.79 Å². The fourth-order valence-electron chi connectivity index (χ4n) is 1.67. The smallest absolute Gasteiger partial charge is 0.234 e. The van der Waals surface area contributed by atoms with Gasteiger partial charge in [0.1, 0.15) is 5.82 Å². The first-order chi connectivity index (χ1) is 11.0. The fraction of sp³-hybridized carbons (Fsp3) is 0.286. The highest BCUT2D eigenvalue weighted by molar-refractivity contribution is 9.10. The lowest BCUT2D eigenvalue weighted by molar-refractivity contribution is -0.113. The summed E-state index contributed by atoms with van der Waals surface area (Å²) in [5.74, 6) is 1.93. The Labute approximate surface area is 147 Å². The molecule has 7 nitrogen and oxygen atoms in total. The van der Waals surface area contributed by atoms with Gasteiger partial charge in [0.2, 0.25) is 17.8 Å². The van der Waals surface area contributed by atoms with E-state index in [4.69, 9.17) is 5.73 Å². The standard InChI is InChI=1S/C14H17BrN6OS/c1-21(2)14-19-11(18-13(16)20-14)7-23-8-12(22)17-10-6-4-3-5-9(10)15/h3-6H,7-8H2,1-2H3,(H,17,22)(H2,16,18,19,20). The molecule has 0 saturated carbocycles. The van der Waals surface area contributed by atoms with Crippen LogP contribution in [0.4, 0.5) is 17.6 Å². The molecule has 1 aromatic carbocycles. The number of benzene rings is 1. The zero-order valence-corrected chi connectivity index (χ0v) is 15.2. The highest BCUT2D eigenvalue weighted by Crippen LogP contribution is 2.21. The SMILES string of the molecule is CN(C)c1nc(N)nc(CSCC(=O)Nc2ccccc2Br)n1. The van der Waals surface area contributed by atoms with Crippen molar-refractivity contribution in [3.8, 4) is 0 Å². The molecule has 0 aliphatic heterocycles. The summed E-state index contributed by atoms with van der Waals surface area (Å²) >= 11 is 4.81. The second-order valence-corrected chi connectivity index (χ2v) is 6.67. The number of nitrogens with zero attached hydrogens (tertiary/aromatic N) is 4. The van der Waals surface area contributed by atoms with Gasteiger partial charge in [-0.2, -0.15) is 15.0 Å². The van der Waals surface area contributed by atoms with Gasteiger partial charge in [-0.3, -0.25) is 4.79 Å². The van der Waals surface area contributed by atoms with Gasteiger partial charge in [-0.25, -0.2) is 0 Å². The molecule has 2 rings (SSSR count). The highest BCUT2D eigenvalue weighted by Gasteiger charge is 2.09. The van der Waals surface area contributed by atoms with Crippen LogP contribution in [0.5, 0.6) is 0 Å². The van der Waals surface area contributed by atoms with E-state index in [0.717, 1.165) is 10.2 Å². The van der Waals surface area contributed by atoms with Crippen LogP contribution in [0.15, 0.2) is 28.7 Å². The first kappa shape index (κ1) is 17.5. The third-order valence-electron chi connectivity index (χ3n) is 2.70. The van der Waals surface area contributed by atoms with Crippen LogP contribution in [0, 0.1) is 0 Å². The van der Waals surface area contributed by atoms with Crippen molar-refractivity contribution in [3.05, 3.63) is 34.6 Å². The lowest BCUT2D eigenvalue weighted by Gasteiger charge is -2.11. The van der Waals surface area contributed by atoms with Crippen LogP contribution in [-0.4, -0.2) is 40.7 Å². The summed E-state index contributed by atoms with van der Waals surface area (Å²) < 4.78 is 0.846. The summed E-state index contributed by atoms with van der Waals surface area (Å²) in [6.07, 6.45) is 0. The van der Waals surface area contributed by atoms with E-state index in [2.05, 4.69) is 36.2 Å². The molecule has 0 unspecified atom stereocenters. The van der Waals surface area contributed by atoms with Crippen LogP contribution in [0.1, 0.15) is 5.82 Å². The van der Waals surface area contributed by atoms with E-state index in [1.165, 1.54) is 11.8 Å². The number of nitrogens with two attached hydrogens (primary N) is 1. The number of para-hydroxylation sites is 1. The van der Waals surface area contributed by atoms with Crippen molar-refractivity contribution in [1.29, 1.82) is 0 Å². The zero-order chi connectivity index (χ0) is 16.8. The van der Waals surface area contributed by atoms with E-state index in [1.54, 1.807) is 4.90 Å². The molecule has 0 fully saturated rings. The molecule has 0 radical (unpaired) electrons. The van der Waals surface area contributed by atoms with Gasteiger partial charge in [-0.1, -0.05) is 12.1 Å². The van der Waals surface area contributed by atoms with Crippen molar-refractivity contribution >= 4 is 51.2 Å². The van der Waals surface area contributed by atoms with Crippen molar-refractivity contribution in [2.45, 2.75) is 5.75 Å². The maximum Gasteiger partial charge on any atom is 0.234 e. The number of carbonyl (C=O) groups excluding carboxylic acids is 1. The number of thioether (sulfide) groups is 1. The van der Waals surface area contributed by atoms with Crippen LogP contribution < -0.4 is 16.0 Å². The molecule has 0 atom stereocenters. The van der Waals surface area contributed by atoms with Crippen molar-refractivity contribution in [2.75, 3.05) is 35.8 Å². The number of carbonyl (C=O) groups is 1. The molecular weight excluding hydrogens is 380 g/mol. The molecule has 23 heavy (non-hydrogen) atoms. The van der Waals surface area contributed by atoms with E-state index in [-0.39, 0.29) is 11.9 Å². The normalized spacial score (nSPS) is 10.4. The average molecular weight is 397 g/mol. The number of amides is 1. The first-order valence-corrected chi connectivity index (χ1v) is 8.70. The Morgan fingerprint density at radius 2 is 2.04 bits per heavy atom. The molecule has 3 N–H and O–H groups in total. The van der Waals surface area contributed by atoms with Crippen molar-refractivity contribution in [3.63, 3.8) is 0 Å². The molecule has 1 aromatic heterocycles. The summed E-state index contributed by atoms with van der Waals surface area (Å²) in [7, 11) is 3.66. The maximum absolute atomic E-state index is 12.0. The van der Waals surface area contributed by atoms with Crippen LogP contribution in [0.2, 0.25) is 0 Å². The van der Waals surface area contributed by atoms with Gasteiger partial charge in [0, 0.05) is 18.6 Å². The molecule has 122 valence electrons. The van der Waals surface area contributed by atoms with Gasteiger partial charge < -0.3 is 16.0 Å². The summed E-state index contributed by atoms with van der Waals surface area (Å²) in [6.45, 7) is 0. The molecule has 0 bridgehead atoms. The summed E-state index contributed by atoms with van der Waals surface area (Å²) in [5, 5.41) is 2.84. The summed E-state index contributed by atoms with van der Waals surface area (Å²) in [4.78, 5) is 26.1. The molecule has 0 spiro atoms. The van der Waals surface area contributed by atoms with Gasteiger partial charge in [0.05, 0.1) is 17.2 Å². The van der Waals surface area contributed by atoms with Crippen LogP contribution in [-0.2, 0) is 10.5 Å². The van der Waals surface area contributed by atoms with E-state index in [1.807, 2.05) is 38.4 Å². The molecule has 2 aromatic rings. The summed E-state index contributed by atoms with van der Waals surface area (Å²) in [5.41, 5.74) is 6.41. The Hall–Kier alpha value is -1.87. The summed E-state index contributed by atoms with van der Waals surface area (Å²) in [6, 6.07) is 7.47. The lowest BCUT2D eigenvalue weighted by Crippen LogP contribution is -2.17. The zero-order valence-electron chi connectivity index (χ0n) is 12.8. The number of hydrogen-bond donors (Lipinski definition) is 2. The molecule has 0 aliphatic rings. The Morgan fingerprint density at radius 3 is 2.74 bits per heavy atom. The third-order valence-corrected chi connectivity index (χ3v) is 4.32. The van der Waals surface area contributed by atoms with Gasteiger partial charge >= 0.3 is 0 Å². The molecular formula is C14H17BrN6OS. The minimum absolute atomic E-state index is 0.0863. The van der Waals surface area contributed by atoms with E-state index < -0.39 is 0 Å².